The molecule has 0 radical (unpaired) electrons. The largest absolute Gasteiger partial charge is 0.490 e. The zero-order valence-electron chi connectivity index (χ0n) is 19.8. The normalized spacial score (nSPS) is 11.7. The van der Waals surface area contributed by atoms with Crippen LogP contribution < -0.4 is 20.3 Å². The van der Waals surface area contributed by atoms with Gasteiger partial charge in [0.25, 0.3) is 11.5 Å². The molecule has 2 aromatic carbocycles. The number of aromatic nitrogens is 2. The Hall–Kier alpha value is -3.39. The molecule has 0 aliphatic rings. The van der Waals surface area contributed by atoms with Gasteiger partial charge in [-0.3, -0.25) is 14.2 Å². The third-order valence-electron chi connectivity index (χ3n) is 5.29. The summed E-state index contributed by atoms with van der Waals surface area (Å²) in [4.78, 5) is 28.7. The molecule has 1 atom stereocenters. The van der Waals surface area contributed by atoms with Crippen LogP contribution in [0, 0.1) is 4.77 Å². The fourth-order valence-electron chi connectivity index (χ4n) is 3.50. The van der Waals surface area contributed by atoms with Crippen molar-refractivity contribution in [3.05, 3.63) is 75.3 Å². The number of nitrogens with one attached hydrogen (secondary N) is 2. The van der Waals surface area contributed by atoms with Gasteiger partial charge >= 0.3 is 0 Å². The van der Waals surface area contributed by atoms with Crippen molar-refractivity contribution in [1.82, 2.24) is 14.9 Å². The highest BCUT2D eigenvalue weighted by Crippen LogP contribution is 2.31. The highest BCUT2D eigenvalue weighted by Gasteiger charge is 2.16. The number of ether oxygens (including phenoxy) is 2. The molecule has 34 heavy (non-hydrogen) atoms. The summed E-state index contributed by atoms with van der Waals surface area (Å²) in [6, 6.07) is 10.4. The van der Waals surface area contributed by atoms with Gasteiger partial charge in [-0.15, -0.1) is 6.58 Å². The molecule has 0 aliphatic carbocycles. The number of H-pyrrole nitrogens is 1. The van der Waals surface area contributed by atoms with E-state index in [4.69, 9.17) is 21.7 Å². The number of aromatic amines is 1. The summed E-state index contributed by atoms with van der Waals surface area (Å²) in [7, 11) is 0. The van der Waals surface area contributed by atoms with E-state index in [0.717, 1.165) is 18.4 Å². The van der Waals surface area contributed by atoms with Gasteiger partial charge in [0.2, 0.25) is 0 Å². The topological polar surface area (TPSA) is 85.3 Å². The molecule has 1 amide bonds. The number of hydrogen-bond acceptors (Lipinski definition) is 5. The van der Waals surface area contributed by atoms with E-state index in [9.17, 15) is 9.59 Å². The molecule has 0 fully saturated rings. The van der Waals surface area contributed by atoms with Gasteiger partial charge in [-0.25, -0.2) is 0 Å². The number of carbonyl (C=O) groups is 1. The molecule has 0 bridgehead atoms. The summed E-state index contributed by atoms with van der Waals surface area (Å²) in [5.74, 6) is 1.11. The summed E-state index contributed by atoms with van der Waals surface area (Å²) >= 11 is 5.29. The predicted molar refractivity (Wildman–Crippen MR) is 137 cm³/mol. The van der Waals surface area contributed by atoms with Crippen molar-refractivity contribution in [1.29, 1.82) is 0 Å². The monoisotopic (exact) mass is 481 g/mol. The molecule has 0 saturated heterocycles. The van der Waals surface area contributed by atoms with Crippen molar-refractivity contribution >= 4 is 29.0 Å². The number of carbonyl (C=O) groups excluding carboxylic acids is 1. The van der Waals surface area contributed by atoms with Gasteiger partial charge in [0, 0.05) is 12.1 Å². The summed E-state index contributed by atoms with van der Waals surface area (Å²) in [5.41, 5.74) is 1.62. The molecular weight excluding hydrogens is 450 g/mol. The molecule has 0 saturated carbocycles. The number of fused-ring (bicyclic) bond motifs is 1. The highest BCUT2D eigenvalue weighted by molar-refractivity contribution is 7.71. The molecule has 3 rings (SSSR count). The zero-order chi connectivity index (χ0) is 24.7. The minimum Gasteiger partial charge on any atom is -0.490 e. The Morgan fingerprint density at radius 2 is 1.85 bits per heavy atom. The van der Waals surface area contributed by atoms with E-state index in [1.807, 2.05) is 32.0 Å². The molecule has 7 nitrogen and oxygen atoms in total. The first kappa shape index (κ1) is 25.2. The summed E-state index contributed by atoms with van der Waals surface area (Å²) in [5, 5.41) is 3.47. The number of nitrogens with zero attached hydrogens (tertiary/aromatic N) is 1. The first-order chi connectivity index (χ1) is 16.4. The van der Waals surface area contributed by atoms with Crippen molar-refractivity contribution in [2.75, 3.05) is 13.2 Å². The van der Waals surface area contributed by atoms with Crippen LogP contribution in [0.4, 0.5) is 0 Å². The lowest BCUT2D eigenvalue weighted by molar-refractivity contribution is 0.0940. The van der Waals surface area contributed by atoms with E-state index >= 15 is 0 Å². The Balaban J connectivity index is 1.83. The molecule has 3 aromatic rings. The van der Waals surface area contributed by atoms with Crippen LogP contribution in [0.15, 0.2) is 53.8 Å². The first-order valence-corrected chi connectivity index (χ1v) is 11.9. The summed E-state index contributed by atoms with van der Waals surface area (Å²) < 4.78 is 13.4. The fraction of sp³-hybridized carbons (Fsp3) is 0.346. The second-order valence-corrected chi connectivity index (χ2v) is 8.38. The molecule has 1 aromatic heterocycles. The van der Waals surface area contributed by atoms with Gasteiger partial charge in [-0.2, -0.15) is 0 Å². The quantitative estimate of drug-likeness (QED) is 0.286. The van der Waals surface area contributed by atoms with Gasteiger partial charge in [-0.05, 0) is 67.9 Å². The van der Waals surface area contributed by atoms with Crippen molar-refractivity contribution in [3.8, 4) is 11.5 Å². The molecule has 0 spiro atoms. The van der Waals surface area contributed by atoms with E-state index in [0.29, 0.717) is 47.7 Å². The summed E-state index contributed by atoms with van der Waals surface area (Å²) in [6.07, 6.45) is 3.40. The van der Waals surface area contributed by atoms with E-state index in [2.05, 4.69) is 23.8 Å². The van der Waals surface area contributed by atoms with Crippen molar-refractivity contribution in [3.63, 3.8) is 0 Å². The van der Waals surface area contributed by atoms with Crippen molar-refractivity contribution in [2.45, 2.75) is 46.2 Å². The Morgan fingerprint density at radius 3 is 2.53 bits per heavy atom. The average molecular weight is 482 g/mol. The lowest BCUT2D eigenvalue weighted by Gasteiger charge is -2.18. The lowest BCUT2D eigenvalue weighted by Crippen LogP contribution is -2.27. The average Bonchev–Trinajstić information content (AvgIpc) is 2.83. The zero-order valence-corrected chi connectivity index (χ0v) is 20.7. The minimum absolute atomic E-state index is 0.219. The van der Waals surface area contributed by atoms with E-state index in [1.165, 1.54) is 4.57 Å². The number of amides is 1. The van der Waals surface area contributed by atoms with Crippen LogP contribution >= 0.6 is 12.2 Å². The van der Waals surface area contributed by atoms with Gasteiger partial charge in [0.05, 0.1) is 30.2 Å². The molecular formula is C26H31N3O4S. The molecule has 180 valence electrons. The van der Waals surface area contributed by atoms with Crippen LogP contribution in [0.5, 0.6) is 11.5 Å². The maximum Gasteiger partial charge on any atom is 0.262 e. The smallest absolute Gasteiger partial charge is 0.262 e. The number of rotatable bonds is 11. The van der Waals surface area contributed by atoms with E-state index in [-0.39, 0.29) is 22.3 Å². The van der Waals surface area contributed by atoms with Gasteiger partial charge in [0.1, 0.15) is 0 Å². The third kappa shape index (κ3) is 5.75. The minimum atomic E-state index is -0.272. The molecule has 1 heterocycles. The fourth-order valence-corrected chi connectivity index (χ4v) is 3.77. The Labute approximate surface area is 204 Å². The van der Waals surface area contributed by atoms with E-state index < -0.39 is 0 Å². The number of hydrogen-bond donors (Lipinski definition) is 2. The first-order valence-electron chi connectivity index (χ1n) is 11.5. The van der Waals surface area contributed by atoms with Crippen LogP contribution in [0.3, 0.4) is 0 Å². The van der Waals surface area contributed by atoms with Crippen LogP contribution in [0.2, 0.25) is 0 Å². The standard InChI is InChI=1S/C26H31N3O4S/c1-5-12-29-25(31)20-10-8-19(15-21(20)28-26(29)34)24(30)27-17(4)18-9-11-22(32-13-6-2)23(16-18)33-14-7-3/h5,8-11,15-17H,1,6-7,12-14H2,2-4H3,(H,27,30)(H,28,34). The van der Waals surface area contributed by atoms with Crippen LogP contribution in [-0.4, -0.2) is 28.7 Å². The number of benzene rings is 2. The molecule has 1 unspecified atom stereocenters. The number of allylic oxidation sites excluding steroid dienone is 1. The predicted octanol–water partition coefficient (Wildman–Crippen LogP) is 5.31. The van der Waals surface area contributed by atoms with Crippen LogP contribution in [0.1, 0.15) is 55.6 Å². The second kappa shape index (κ2) is 11.7. The molecule has 2 N–H and O–H groups in total. The highest BCUT2D eigenvalue weighted by atomic mass is 32.1. The van der Waals surface area contributed by atoms with Gasteiger partial charge in [-0.1, -0.05) is 26.0 Å². The third-order valence-corrected chi connectivity index (χ3v) is 5.62. The van der Waals surface area contributed by atoms with Crippen molar-refractivity contribution in [2.24, 2.45) is 0 Å². The molecule has 0 aliphatic heterocycles. The SMILES string of the molecule is C=CCn1c(=S)[nH]c2cc(C(=O)NC(C)c3ccc(OCCC)c(OCCC)c3)ccc2c1=O. The summed E-state index contributed by atoms with van der Waals surface area (Å²) in [6.45, 7) is 11.2. The van der Waals surface area contributed by atoms with Gasteiger partial charge in [0.15, 0.2) is 16.3 Å². The van der Waals surface area contributed by atoms with Crippen molar-refractivity contribution < 1.29 is 14.3 Å². The van der Waals surface area contributed by atoms with E-state index in [1.54, 1.807) is 24.3 Å². The van der Waals surface area contributed by atoms with Crippen LogP contribution in [-0.2, 0) is 6.54 Å². The maximum atomic E-state index is 13.0. The second-order valence-electron chi connectivity index (χ2n) is 7.99. The van der Waals surface area contributed by atoms with Gasteiger partial charge < -0.3 is 19.8 Å². The van der Waals surface area contributed by atoms with Crippen LogP contribution in [0.25, 0.3) is 10.9 Å². The Morgan fingerprint density at radius 1 is 1.15 bits per heavy atom. The Kier molecular flexibility index (Phi) is 8.65. The Bertz CT molecular complexity index is 1300. The lowest BCUT2D eigenvalue weighted by atomic mass is 10.1. The maximum absolute atomic E-state index is 13.0. The molecule has 8 heteroatoms.